The van der Waals surface area contributed by atoms with Gasteiger partial charge in [0.2, 0.25) is 5.91 Å². The molecule has 1 aliphatic rings. The predicted molar refractivity (Wildman–Crippen MR) is 151 cm³/mol. The van der Waals surface area contributed by atoms with E-state index in [-0.39, 0.29) is 11.8 Å². The predicted octanol–water partition coefficient (Wildman–Crippen LogP) is 6.08. The summed E-state index contributed by atoms with van der Waals surface area (Å²) in [7, 11) is 0. The van der Waals surface area contributed by atoms with E-state index in [9.17, 15) is 14.4 Å². The molecule has 37 heavy (non-hydrogen) atoms. The second-order valence-electron chi connectivity index (χ2n) is 7.86. The molecule has 1 heterocycles. The van der Waals surface area contributed by atoms with Crippen molar-refractivity contribution in [2.75, 3.05) is 6.61 Å². The Morgan fingerprint density at radius 2 is 1.65 bits per heavy atom. The number of amides is 2. The van der Waals surface area contributed by atoms with Crippen molar-refractivity contribution in [1.82, 2.24) is 10.9 Å². The molecule has 1 unspecified atom stereocenters. The Morgan fingerprint density at radius 1 is 1.00 bits per heavy atom. The number of nitrogens with zero attached hydrogens (tertiary/aromatic N) is 1. The molecule has 2 amide bonds. The maximum Gasteiger partial charge on any atom is 0.293 e. The van der Waals surface area contributed by atoms with Gasteiger partial charge in [-0.2, -0.15) is 0 Å². The molecular weight excluding hydrogens is 486 g/mol. The van der Waals surface area contributed by atoms with Crippen LogP contribution in [0.2, 0.25) is 0 Å². The van der Waals surface area contributed by atoms with Crippen LogP contribution in [-0.2, 0) is 14.3 Å². The number of allylic oxidation sites excluding steroid dienone is 2. The van der Waals surface area contributed by atoms with Gasteiger partial charge in [-0.05, 0) is 38.1 Å². The van der Waals surface area contributed by atoms with Crippen molar-refractivity contribution in [1.29, 1.82) is 0 Å². The van der Waals surface area contributed by atoms with Gasteiger partial charge in [-0.1, -0.05) is 87.8 Å². The molecule has 2 N–H and O–H groups in total. The highest BCUT2D eigenvalue weighted by molar-refractivity contribution is 8.03. The summed E-state index contributed by atoms with van der Waals surface area (Å²) in [5.41, 5.74) is 7.35. The number of fused-ring (bicyclic) bond motifs is 1. The summed E-state index contributed by atoms with van der Waals surface area (Å²) in [4.78, 5) is 40.0. The van der Waals surface area contributed by atoms with E-state index >= 15 is 0 Å². The highest BCUT2D eigenvalue weighted by Gasteiger charge is 2.13. The summed E-state index contributed by atoms with van der Waals surface area (Å²) in [6.45, 7) is 10.7. The number of carbonyl (C=O) groups is 3. The van der Waals surface area contributed by atoms with Crippen molar-refractivity contribution in [3.05, 3.63) is 88.5 Å². The third-order valence-corrected chi connectivity index (χ3v) is 6.16. The Bertz CT molecular complexity index is 1080. The van der Waals surface area contributed by atoms with Crippen molar-refractivity contribution in [3.8, 4) is 0 Å². The molecule has 7 nitrogen and oxygen atoms in total. The summed E-state index contributed by atoms with van der Waals surface area (Å²) in [6, 6.07) is 16.8. The molecule has 8 heteroatoms. The van der Waals surface area contributed by atoms with Crippen molar-refractivity contribution in [3.63, 3.8) is 0 Å². The van der Waals surface area contributed by atoms with Gasteiger partial charge < -0.3 is 4.74 Å². The largest absolute Gasteiger partial charge is 0.468 e. The second-order valence-corrected chi connectivity index (χ2v) is 8.94. The number of rotatable bonds is 7. The molecule has 0 bridgehead atoms. The third-order valence-electron chi connectivity index (χ3n) is 4.91. The van der Waals surface area contributed by atoms with Crippen LogP contribution in [0.3, 0.4) is 0 Å². The van der Waals surface area contributed by atoms with Crippen molar-refractivity contribution >= 4 is 36.3 Å². The van der Waals surface area contributed by atoms with Gasteiger partial charge in [-0.3, -0.25) is 30.2 Å². The summed E-state index contributed by atoms with van der Waals surface area (Å²) >= 11 is 1.62. The molecule has 1 aliphatic heterocycles. The average molecular weight is 524 g/mol. The van der Waals surface area contributed by atoms with Crippen LogP contribution in [0.4, 0.5) is 0 Å². The van der Waals surface area contributed by atoms with Gasteiger partial charge in [-0.15, -0.1) is 0 Å². The molecule has 2 aromatic carbocycles. The number of nitrogens with one attached hydrogen (secondary N) is 2. The molecule has 0 saturated heterocycles. The molecule has 0 fully saturated rings. The summed E-state index contributed by atoms with van der Waals surface area (Å²) < 4.78 is 4.15. The summed E-state index contributed by atoms with van der Waals surface area (Å²) in [6.07, 6.45) is 8.20. The van der Waals surface area contributed by atoms with Gasteiger partial charge in [0, 0.05) is 27.1 Å². The molecule has 3 rings (SSSR count). The monoisotopic (exact) mass is 523 g/mol. The number of aliphatic imine (C=N–C) groups is 1. The standard InChI is InChI=1S/C22H21N3O2S.C4H10.C3H6O2/c1-15(21(26)24-25-22(27)17-8-4-3-5-9-17)12-13-19-16(2)23-14-18-10-6-7-11-20(18)28-19;1-3-4-2;1-2-5-3-4/h3-15H,1-2H3,(H,24,26)(H,25,27);3-4H2,1-2H3;3H,2H2,1H3/b13-12-;;. The Balaban J connectivity index is 0.000000657. The van der Waals surface area contributed by atoms with Gasteiger partial charge in [0.25, 0.3) is 12.4 Å². The number of unbranched alkanes of at least 4 members (excludes halogenated alkanes) is 1. The van der Waals surface area contributed by atoms with Crippen LogP contribution in [0, 0.1) is 5.92 Å². The molecule has 198 valence electrons. The zero-order valence-corrected chi connectivity index (χ0v) is 23.0. The highest BCUT2D eigenvalue weighted by atomic mass is 32.2. The molecule has 0 aliphatic carbocycles. The van der Waals surface area contributed by atoms with Crippen LogP contribution in [0.1, 0.15) is 63.4 Å². The maximum atomic E-state index is 12.3. The van der Waals surface area contributed by atoms with Gasteiger partial charge in [0.15, 0.2) is 0 Å². The normalized spacial score (nSPS) is 12.6. The molecule has 2 aromatic rings. The lowest BCUT2D eigenvalue weighted by Gasteiger charge is -2.10. The van der Waals surface area contributed by atoms with Crippen molar-refractivity contribution in [2.45, 2.75) is 52.4 Å². The first-order valence-electron chi connectivity index (χ1n) is 12.3. The minimum Gasteiger partial charge on any atom is -0.468 e. The zero-order valence-electron chi connectivity index (χ0n) is 22.2. The van der Waals surface area contributed by atoms with E-state index in [1.54, 1.807) is 56.0 Å². The second kappa shape index (κ2) is 18.6. The van der Waals surface area contributed by atoms with E-state index in [1.165, 1.54) is 12.8 Å². The maximum absolute atomic E-state index is 12.3. The van der Waals surface area contributed by atoms with E-state index < -0.39 is 5.92 Å². The van der Waals surface area contributed by atoms with Crippen LogP contribution < -0.4 is 10.9 Å². The third kappa shape index (κ3) is 12.2. The SMILES string of the molecule is CC1=C(/C=C\C(C)C(=O)NNC(=O)c2ccccc2)Sc2ccccc2C=N1.CCCC.CCOC=O. The molecule has 0 radical (unpaired) electrons. The lowest BCUT2D eigenvalue weighted by Crippen LogP contribution is -2.43. The van der Waals surface area contributed by atoms with E-state index in [1.807, 2.05) is 49.5 Å². The number of hydrogen-bond donors (Lipinski definition) is 2. The quantitative estimate of drug-likeness (QED) is 0.339. The van der Waals surface area contributed by atoms with Gasteiger partial charge in [0.1, 0.15) is 0 Å². The fourth-order valence-electron chi connectivity index (χ4n) is 2.54. The Labute approximate surface area is 224 Å². The van der Waals surface area contributed by atoms with Crippen molar-refractivity contribution < 1.29 is 19.1 Å². The topological polar surface area (TPSA) is 96.9 Å². The van der Waals surface area contributed by atoms with Gasteiger partial charge in [0.05, 0.1) is 18.2 Å². The number of hydrogen-bond acceptors (Lipinski definition) is 6. The summed E-state index contributed by atoms with van der Waals surface area (Å²) in [5.74, 6) is -1.06. The smallest absolute Gasteiger partial charge is 0.293 e. The molecule has 1 atom stereocenters. The van der Waals surface area contributed by atoms with E-state index in [0.717, 1.165) is 21.1 Å². The summed E-state index contributed by atoms with van der Waals surface area (Å²) in [5, 5.41) is 0. The minimum absolute atomic E-state index is 0.290. The number of hydrazine groups is 1. The number of ether oxygens (including phenoxy) is 1. The number of thioether (sulfide) groups is 1. The molecule has 0 aromatic heterocycles. The van der Waals surface area contributed by atoms with E-state index in [0.29, 0.717) is 18.6 Å². The van der Waals surface area contributed by atoms with Crippen LogP contribution in [0.5, 0.6) is 0 Å². The number of benzene rings is 2. The van der Waals surface area contributed by atoms with Crippen molar-refractivity contribution in [2.24, 2.45) is 10.9 Å². The Hall–Kier alpha value is -3.65. The lowest BCUT2D eigenvalue weighted by atomic mass is 10.1. The van der Waals surface area contributed by atoms with Crippen LogP contribution in [0.25, 0.3) is 0 Å². The average Bonchev–Trinajstić information content (AvgIpc) is 3.10. The van der Waals surface area contributed by atoms with Crippen LogP contribution in [0.15, 0.2) is 87.2 Å². The highest BCUT2D eigenvalue weighted by Crippen LogP contribution is 2.34. The first kappa shape index (κ1) is 31.4. The van der Waals surface area contributed by atoms with Crippen LogP contribution >= 0.6 is 11.8 Å². The van der Waals surface area contributed by atoms with E-state index in [4.69, 9.17) is 0 Å². The number of carbonyl (C=O) groups excluding carboxylic acids is 3. The Morgan fingerprint density at radius 3 is 2.24 bits per heavy atom. The molecule has 0 spiro atoms. The zero-order chi connectivity index (χ0) is 27.5. The van der Waals surface area contributed by atoms with E-state index in [2.05, 4.69) is 34.4 Å². The Kier molecular flexibility index (Phi) is 15.8. The van der Waals surface area contributed by atoms with Crippen LogP contribution in [-0.4, -0.2) is 31.1 Å². The first-order chi connectivity index (χ1) is 17.9. The molecule has 0 saturated carbocycles. The van der Waals surface area contributed by atoms with Gasteiger partial charge >= 0.3 is 0 Å². The fraction of sp³-hybridized carbons (Fsp3) is 0.310. The molecular formula is C29H37N3O4S. The minimum atomic E-state index is -0.417. The lowest BCUT2D eigenvalue weighted by molar-refractivity contribution is -0.128. The van der Waals surface area contributed by atoms with Gasteiger partial charge in [-0.25, -0.2) is 0 Å². The first-order valence-corrected chi connectivity index (χ1v) is 13.1. The fourth-order valence-corrected chi connectivity index (χ4v) is 3.51.